The van der Waals surface area contributed by atoms with Gasteiger partial charge in [0.25, 0.3) is 5.91 Å². The molecule has 1 saturated carbocycles. The van der Waals surface area contributed by atoms with E-state index in [2.05, 4.69) is 0 Å². The number of carbonyl (C=O) groups excluding carboxylic acids is 1. The van der Waals surface area contributed by atoms with Crippen molar-refractivity contribution in [3.63, 3.8) is 0 Å². The van der Waals surface area contributed by atoms with Crippen molar-refractivity contribution >= 4 is 15.9 Å². The van der Waals surface area contributed by atoms with Crippen molar-refractivity contribution < 1.29 is 13.2 Å². The van der Waals surface area contributed by atoms with Gasteiger partial charge in [0.1, 0.15) is 0 Å². The molecule has 1 aromatic rings. The van der Waals surface area contributed by atoms with E-state index >= 15 is 0 Å². The fraction of sp³-hybridized carbons (Fsp3) is 0.500. The molecule has 0 unspecified atom stereocenters. The molecule has 0 bridgehead atoms. The molecule has 0 saturated heterocycles. The molecular weight excluding hydrogens is 276 g/mol. The molecule has 0 atom stereocenters. The Kier molecular flexibility index (Phi) is 4.15. The third-order valence-electron chi connectivity index (χ3n) is 3.46. The highest BCUT2D eigenvalue weighted by atomic mass is 32.2. The fourth-order valence-electron chi connectivity index (χ4n) is 2.15. The Labute approximate surface area is 119 Å². The predicted octanol–water partition coefficient (Wildman–Crippen LogP) is 1.59. The summed E-state index contributed by atoms with van der Waals surface area (Å²) in [6.07, 6.45) is 2.26. The Morgan fingerprint density at radius 3 is 2.45 bits per heavy atom. The molecule has 0 aliphatic heterocycles. The zero-order chi connectivity index (χ0) is 14.9. The lowest BCUT2D eigenvalue weighted by Crippen LogP contribution is -2.39. The van der Waals surface area contributed by atoms with Crippen LogP contribution in [-0.4, -0.2) is 31.8 Å². The number of carbonyl (C=O) groups is 1. The molecule has 2 rings (SSSR count). The highest BCUT2D eigenvalue weighted by Gasteiger charge is 2.30. The first-order chi connectivity index (χ1) is 9.30. The van der Waals surface area contributed by atoms with Gasteiger partial charge >= 0.3 is 0 Å². The van der Waals surface area contributed by atoms with E-state index in [1.165, 1.54) is 12.1 Å². The lowest BCUT2D eigenvalue weighted by atomic mass is 10.1. The minimum absolute atomic E-state index is 0.0247. The van der Waals surface area contributed by atoms with E-state index in [-0.39, 0.29) is 22.4 Å². The largest absolute Gasteiger partial charge is 0.336 e. The molecule has 1 aliphatic rings. The van der Waals surface area contributed by atoms with Crippen LogP contribution in [0, 0.1) is 5.92 Å². The number of benzene rings is 1. The van der Waals surface area contributed by atoms with Gasteiger partial charge in [0.05, 0.1) is 10.5 Å². The molecule has 0 heterocycles. The van der Waals surface area contributed by atoms with E-state index in [1.54, 1.807) is 17.0 Å². The number of nitrogens with two attached hydrogens (primary N) is 1. The fourth-order valence-corrected chi connectivity index (χ4v) is 2.88. The zero-order valence-corrected chi connectivity index (χ0v) is 12.6. The van der Waals surface area contributed by atoms with E-state index in [4.69, 9.17) is 5.14 Å². The molecule has 20 heavy (non-hydrogen) atoms. The van der Waals surface area contributed by atoms with Gasteiger partial charge in [-0.3, -0.25) is 4.79 Å². The van der Waals surface area contributed by atoms with Gasteiger partial charge in [0.15, 0.2) is 0 Å². The lowest BCUT2D eigenvalue weighted by Gasteiger charge is -2.27. The Bertz CT molecular complexity index is 607. The molecule has 0 spiro atoms. The van der Waals surface area contributed by atoms with Crippen LogP contribution < -0.4 is 5.14 Å². The molecule has 5 nitrogen and oxygen atoms in total. The van der Waals surface area contributed by atoms with Gasteiger partial charge < -0.3 is 4.90 Å². The standard InChI is InChI=1S/C14H20N2O3S/c1-10(2)16(9-11-7-8-11)14(17)12-5-3-4-6-13(12)20(15,18)19/h3-6,10-11H,7-9H2,1-2H3,(H2,15,18,19). The quantitative estimate of drug-likeness (QED) is 0.896. The summed E-state index contributed by atoms with van der Waals surface area (Å²) in [5.74, 6) is 0.277. The SMILES string of the molecule is CC(C)N(CC1CC1)C(=O)c1ccccc1S(N)(=O)=O. The van der Waals surface area contributed by atoms with E-state index < -0.39 is 10.0 Å². The van der Waals surface area contributed by atoms with E-state index in [0.29, 0.717) is 12.5 Å². The molecule has 1 fully saturated rings. The van der Waals surface area contributed by atoms with Gasteiger partial charge in [-0.15, -0.1) is 0 Å². The van der Waals surface area contributed by atoms with Gasteiger partial charge in [-0.1, -0.05) is 12.1 Å². The minimum Gasteiger partial charge on any atom is -0.336 e. The van der Waals surface area contributed by atoms with Gasteiger partial charge in [-0.2, -0.15) is 0 Å². The van der Waals surface area contributed by atoms with Crippen LogP contribution in [0.1, 0.15) is 37.0 Å². The van der Waals surface area contributed by atoms with Gasteiger partial charge in [-0.05, 0) is 44.7 Å². The van der Waals surface area contributed by atoms with Gasteiger partial charge in [-0.25, -0.2) is 13.6 Å². The molecule has 2 N–H and O–H groups in total. The molecule has 1 aliphatic carbocycles. The zero-order valence-electron chi connectivity index (χ0n) is 11.7. The molecule has 6 heteroatoms. The van der Waals surface area contributed by atoms with Crippen LogP contribution in [0.5, 0.6) is 0 Å². The maximum atomic E-state index is 12.6. The first kappa shape index (κ1) is 15.0. The number of sulfonamides is 1. The second-order valence-corrected chi connectivity index (χ2v) is 7.07. The van der Waals surface area contributed by atoms with Gasteiger partial charge in [0, 0.05) is 12.6 Å². The average molecular weight is 296 g/mol. The van der Waals surface area contributed by atoms with E-state index in [0.717, 1.165) is 12.8 Å². The average Bonchev–Trinajstić information content (AvgIpc) is 3.17. The number of rotatable bonds is 5. The van der Waals surface area contributed by atoms with Crippen LogP contribution in [0.2, 0.25) is 0 Å². The summed E-state index contributed by atoms with van der Waals surface area (Å²) >= 11 is 0. The normalized spacial score (nSPS) is 15.4. The number of amides is 1. The second-order valence-electron chi connectivity index (χ2n) is 5.54. The van der Waals surface area contributed by atoms with Crippen molar-refractivity contribution in [2.75, 3.05) is 6.54 Å². The van der Waals surface area contributed by atoms with Crippen molar-refractivity contribution in [3.8, 4) is 0 Å². The molecule has 1 amide bonds. The van der Waals surface area contributed by atoms with Crippen LogP contribution >= 0.6 is 0 Å². The van der Waals surface area contributed by atoms with Crippen LogP contribution in [0.15, 0.2) is 29.2 Å². The first-order valence-electron chi connectivity index (χ1n) is 6.73. The van der Waals surface area contributed by atoms with Crippen molar-refractivity contribution in [2.45, 2.75) is 37.6 Å². The maximum absolute atomic E-state index is 12.6. The Morgan fingerprint density at radius 2 is 1.95 bits per heavy atom. The number of primary sulfonamides is 1. The third-order valence-corrected chi connectivity index (χ3v) is 4.43. The third kappa shape index (κ3) is 3.37. The summed E-state index contributed by atoms with van der Waals surface area (Å²) < 4.78 is 23.2. The minimum atomic E-state index is -3.90. The highest BCUT2D eigenvalue weighted by Crippen LogP contribution is 2.31. The predicted molar refractivity (Wildman–Crippen MR) is 76.7 cm³/mol. The molecule has 1 aromatic carbocycles. The first-order valence-corrected chi connectivity index (χ1v) is 8.28. The Hall–Kier alpha value is -1.40. The Balaban J connectivity index is 2.36. The summed E-state index contributed by atoms with van der Waals surface area (Å²) in [5.41, 5.74) is 0.157. The van der Waals surface area contributed by atoms with Gasteiger partial charge in [0.2, 0.25) is 10.0 Å². The smallest absolute Gasteiger partial charge is 0.255 e. The molecule has 110 valence electrons. The van der Waals surface area contributed by atoms with Crippen molar-refractivity contribution in [2.24, 2.45) is 11.1 Å². The molecule has 0 aromatic heterocycles. The summed E-state index contributed by atoms with van der Waals surface area (Å²) in [6, 6.07) is 6.13. The van der Waals surface area contributed by atoms with Crippen LogP contribution in [-0.2, 0) is 10.0 Å². The monoisotopic (exact) mass is 296 g/mol. The summed E-state index contributed by atoms with van der Waals surface area (Å²) in [7, 11) is -3.90. The van der Waals surface area contributed by atoms with Crippen LogP contribution in [0.25, 0.3) is 0 Å². The van der Waals surface area contributed by atoms with Crippen molar-refractivity contribution in [1.82, 2.24) is 4.90 Å². The van der Waals surface area contributed by atoms with Crippen molar-refractivity contribution in [3.05, 3.63) is 29.8 Å². The second kappa shape index (κ2) is 5.54. The summed E-state index contributed by atoms with van der Waals surface area (Å²) in [4.78, 5) is 14.2. The maximum Gasteiger partial charge on any atom is 0.255 e. The summed E-state index contributed by atoms with van der Waals surface area (Å²) in [6.45, 7) is 4.54. The topological polar surface area (TPSA) is 80.5 Å². The lowest BCUT2D eigenvalue weighted by molar-refractivity contribution is 0.0692. The van der Waals surface area contributed by atoms with Crippen LogP contribution in [0.3, 0.4) is 0 Å². The number of hydrogen-bond acceptors (Lipinski definition) is 3. The Morgan fingerprint density at radius 1 is 1.35 bits per heavy atom. The number of hydrogen-bond donors (Lipinski definition) is 1. The van der Waals surface area contributed by atoms with Crippen molar-refractivity contribution in [1.29, 1.82) is 0 Å². The van der Waals surface area contributed by atoms with E-state index in [9.17, 15) is 13.2 Å². The highest BCUT2D eigenvalue weighted by molar-refractivity contribution is 7.89. The molecule has 0 radical (unpaired) electrons. The van der Waals surface area contributed by atoms with Crippen LogP contribution in [0.4, 0.5) is 0 Å². The summed E-state index contributed by atoms with van der Waals surface area (Å²) in [5, 5.41) is 5.19. The van der Waals surface area contributed by atoms with E-state index in [1.807, 2.05) is 13.8 Å². The molecular formula is C14H20N2O3S. The number of nitrogens with zero attached hydrogens (tertiary/aromatic N) is 1.